The second-order valence-electron chi connectivity index (χ2n) is 5.93. The highest BCUT2D eigenvalue weighted by Crippen LogP contribution is 2.15. The van der Waals surface area contributed by atoms with Crippen molar-refractivity contribution in [1.29, 1.82) is 0 Å². The van der Waals surface area contributed by atoms with Crippen molar-refractivity contribution < 1.29 is 4.74 Å². The van der Waals surface area contributed by atoms with E-state index in [1.165, 1.54) is 4.57 Å². The zero-order valence-electron chi connectivity index (χ0n) is 14.5. The molecule has 5 heteroatoms. The Morgan fingerprint density at radius 3 is 2.46 bits per heavy atom. The van der Waals surface area contributed by atoms with Gasteiger partial charge in [-0.25, -0.2) is 4.79 Å². The van der Waals surface area contributed by atoms with Crippen LogP contribution in [-0.4, -0.2) is 16.2 Å². The number of nitrogens with one attached hydrogen (secondary N) is 1. The molecule has 5 nitrogen and oxygen atoms in total. The molecule has 0 saturated carbocycles. The number of aryl methyl sites for hydroxylation is 2. The fraction of sp³-hybridized carbons (Fsp3) is 0.368. The Kier molecular flexibility index (Phi) is 5.93. The van der Waals surface area contributed by atoms with Crippen molar-refractivity contribution in [2.45, 2.75) is 40.3 Å². The van der Waals surface area contributed by atoms with Gasteiger partial charge in [-0.3, -0.25) is 14.3 Å². The van der Waals surface area contributed by atoms with Gasteiger partial charge in [0.25, 0.3) is 5.56 Å². The van der Waals surface area contributed by atoms with Crippen LogP contribution in [0.1, 0.15) is 34.9 Å². The van der Waals surface area contributed by atoms with Crippen molar-refractivity contribution in [3.05, 3.63) is 79.6 Å². The number of H-pyrrole nitrogens is 1. The molecule has 2 aromatic rings. The van der Waals surface area contributed by atoms with Gasteiger partial charge in [-0.2, -0.15) is 0 Å². The molecule has 0 saturated heterocycles. The number of rotatable bonds is 7. The van der Waals surface area contributed by atoms with Crippen LogP contribution in [0, 0.1) is 13.8 Å². The topological polar surface area (TPSA) is 64.1 Å². The van der Waals surface area contributed by atoms with Crippen LogP contribution >= 0.6 is 0 Å². The van der Waals surface area contributed by atoms with E-state index in [4.69, 9.17) is 4.74 Å². The smallest absolute Gasteiger partial charge is 0.330 e. The van der Waals surface area contributed by atoms with Gasteiger partial charge in [-0.05, 0) is 25.8 Å². The van der Waals surface area contributed by atoms with Gasteiger partial charge in [0, 0.05) is 17.7 Å². The first-order chi connectivity index (χ1) is 11.5. The highest BCUT2D eigenvalue weighted by molar-refractivity contribution is 5.33. The fourth-order valence-corrected chi connectivity index (χ4v) is 2.95. The van der Waals surface area contributed by atoms with E-state index in [2.05, 4.69) is 29.8 Å². The molecule has 24 heavy (non-hydrogen) atoms. The number of benzene rings is 1. The minimum atomic E-state index is -0.444. The van der Waals surface area contributed by atoms with Gasteiger partial charge in [-0.1, -0.05) is 42.3 Å². The quantitative estimate of drug-likeness (QED) is 0.627. The summed E-state index contributed by atoms with van der Waals surface area (Å²) in [4.78, 5) is 26.8. The maximum absolute atomic E-state index is 12.2. The van der Waals surface area contributed by atoms with Crippen LogP contribution in [0.3, 0.4) is 0 Å². The lowest BCUT2D eigenvalue weighted by Gasteiger charge is -2.16. The Labute approximate surface area is 141 Å². The van der Waals surface area contributed by atoms with Gasteiger partial charge in [0.15, 0.2) is 0 Å². The minimum absolute atomic E-state index is 0.0920. The number of aromatic nitrogens is 2. The number of aromatic amines is 1. The predicted octanol–water partition coefficient (Wildman–Crippen LogP) is 2.47. The van der Waals surface area contributed by atoms with E-state index in [0.29, 0.717) is 30.7 Å². The zero-order valence-corrected chi connectivity index (χ0v) is 14.5. The zero-order chi connectivity index (χ0) is 17.7. The summed E-state index contributed by atoms with van der Waals surface area (Å²) >= 11 is 0. The van der Waals surface area contributed by atoms with Gasteiger partial charge in [-0.15, -0.1) is 6.58 Å². The molecular formula is C19H24N2O3. The molecule has 0 atom stereocenters. The highest BCUT2D eigenvalue weighted by Gasteiger charge is 2.14. The summed E-state index contributed by atoms with van der Waals surface area (Å²) in [7, 11) is 0. The number of ether oxygens (including phenoxy) is 1. The van der Waals surface area contributed by atoms with Crippen molar-refractivity contribution >= 4 is 0 Å². The van der Waals surface area contributed by atoms with Crippen LogP contribution in [0.15, 0.2) is 40.4 Å². The predicted molar refractivity (Wildman–Crippen MR) is 95.6 cm³/mol. The molecule has 1 heterocycles. The van der Waals surface area contributed by atoms with E-state index < -0.39 is 5.69 Å². The summed E-state index contributed by atoms with van der Waals surface area (Å²) in [6, 6.07) is 6.25. The molecule has 0 aliphatic heterocycles. The molecule has 0 unspecified atom stereocenters. The molecule has 1 aromatic heterocycles. The van der Waals surface area contributed by atoms with Crippen LogP contribution in [0.4, 0.5) is 0 Å². The summed E-state index contributed by atoms with van der Waals surface area (Å²) in [6.07, 6.45) is 2.69. The van der Waals surface area contributed by atoms with E-state index in [1.807, 2.05) is 20.8 Å². The van der Waals surface area contributed by atoms with Crippen molar-refractivity contribution in [2.24, 2.45) is 0 Å². The van der Waals surface area contributed by atoms with Gasteiger partial charge in [0.05, 0.1) is 6.61 Å². The monoisotopic (exact) mass is 328 g/mol. The second kappa shape index (κ2) is 7.93. The standard InChI is InChI=1S/C19H24N2O3/c1-5-7-24-12-21-17(16(6-2)18(22)20-19(21)23)11-15-9-13(3)8-14(4)10-15/h5,8-10H,1,6-7,11-12H2,2-4H3,(H,20,22,23). The Hall–Kier alpha value is -2.40. The normalized spacial score (nSPS) is 10.8. The summed E-state index contributed by atoms with van der Waals surface area (Å²) in [5, 5.41) is 0. The van der Waals surface area contributed by atoms with Gasteiger partial charge in [0.2, 0.25) is 0 Å². The van der Waals surface area contributed by atoms with Crippen molar-refractivity contribution in [2.75, 3.05) is 6.61 Å². The summed E-state index contributed by atoms with van der Waals surface area (Å²) in [5.41, 5.74) is 3.96. The summed E-state index contributed by atoms with van der Waals surface area (Å²) in [5.74, 6) is 0. The van der Waals surface area contributed by atoms with Gasteiger partial charge >= 0.3 is 5.69 Å². The average molecular weight is 328 g/mol. The largest absolute Gasteiger partial charge is 0.357 e. The molecule has 0 bridgehead atoms. The first kappa shape index (κ1) is 17.9. The number of nitrogens with zero attached hydrogens (tertiary/aromatic N) is 1. The Balaban J connectivity index is 2.53. The van der Waals surface area contributed by atoms with Gasteiger partial charge in [0.1, 0.15) is 6.73 Å². The third kappa shape index (κ3) is 4.11. The molecule has 0 spiro atoms. The van der Waals surface area contributed by atoms with E-state index >= 15 is 0 Å². The fourth-order valence-electron chi connectivity index (χ4n) is 2.95. The van der Waals surface area contributed by atoms with Crippen molar-refractivity contribution in [3.8, 4) is 0 Å². The lowest BCUT2D eigenvalue weighted by Crippen LogP contribution is -2.36. The highest BCUT2D eigenvalue weighted by atomic mass is 16.5. The second-order valence-corrected chi connectivity index (χ2v) is 5.93. The molecule has 1 aromatic carbocycles. The molecule has 0 amide bonds. The Morgan fingerprint density at radius 2 is 1.88 bits per heavy atom. The summed E-state index contributed by atoms with van der Waals surface area (Å²) in [6.45, 7) is 10.0. The molecule has 0 fully saturated rings. The van der Waals surface area contributed by atoms with Crippen LogP contribution < -0.4 is 11.2 Å². The van der Waals surface area contributed by atoms with E-state index in [1.54, 1.807) is 6.08 Å². The Morgan fingerprint density at radius 1 is 1.21 bits per heavy atom. The van der Waals surface area contributed by atoms with E-state index in [9.17, 15) is 9.59 Å². The van der Waals surface area contributed by atoms with E-state index in [-0.39, 0.29) is 12.3 Å². The lowest BCUT2D eigenvalue weighted by atomic mass is 10.0. The average Bonchev–Trinajstić information content (AvgIpc) is 2.49. The molecule has 0 radical (unpaired) electrons. The van der Waals surface area contributed by atoms with Crippen LogP contribution in [0.5, 0.6) is 0 Å². The third-order valence-corrected chi connectivity index (χ3v) is 3.88. The molecule has 128 valence electrons. The van der Waals surface area contributed by atoms with Crippen molar-refractivity contribution in [1.82, 2.24) is 9.55 Å². The first-order valence-electron chi connectivity index (χ1n) is 8.07. The first-order valence-corrected chi connectivity index (χ1v) is 8.07. The third-order valence-electron chi connectivity index (χ3n) is 3.88. The van der Waals surface area contributed by atoms with Crippen LogP contribution in [0.2, 0.25) is 0 Å². The Bertz CT molecular complexity index is 826. The molecule has 0 aliphatic carbocycles. The number of hydrogen-bond donors (Lipinski definition) is 1. The molecular weight excluding hydrogens is 304 g/mol. The molecule has 1 N–H and O–H groups in total. The minimum Gasteiger partial charge on any atom is -0.357 e. The SMILES string of the molecule is C=CCOCn1c(Cc2cc(C)cc(C)c2)c(CC)c(=O)[nH]c1=O. The summed E-state index contributed by atoms with van der Waals surface area (Å²) < 4.78 is 6.94. The van der Waals surface area contributed by atoms with Gasteiger partial charge < -0.3 is 4.74 Å². The number of hydrogen-bond acceptors (Lipinski definition) is 3. The van der Waals surface area contributed by atoms with Crippen LogP contribution in [0.25, 0.3) is 0 Å². The van der Waals surface area contributed by atoms with Crippen LogP contribution in [-0.2, 0) is 24.3 Å². The maximum atomic E-state index is 12.2. The van der Waals surface area contributed by atoms with E-state index in [0.717, 1.165) is 16.7 Å². The molecule has 2 rings (SSSR count). The molecule has 0 aliphatic rings. The maximum Gasteiger partial charge on any atom is 0.330 e. The van der Waals surface area contributed by atoms with Crippen molar-refractivity contribution in [3.63, 3.8) is 0 Å². The lowest BCUT2D eigenvalue weighted by molar-refractivity contribution is 0.0943.